The van der Waals surface area contributed by atoms with E-state index in [9.17, 15) is 23.1 Å². The molecule has 6 nitrogen and oxygen atoms in total. The second-order valence-electron chi connectivity index (χ2n) is 8.10. The Kier molecular flexibility index (Phi) is 5.17. The first-order valence-corrected chi connectivity index (χ1v) is 9.94. The van der Waals surface area contributed by atoms with Crippen LogP contribution in [-0.4, -0.2) is 57.7 Å². The molecule has 0 radical (unpaired) electrons. The van der Waals surface area contributed by atoms with E-state index in [-0.39, 0.29) is 36.1 Å². The van der Waals surface area contributed by atoms with Gasteiger partial charge in [0.05, 0.1) is 11.8 Å². The molecule has 3 atom stereocenters. The Morgan fingerprint density at radius 2 is 1.83 bits per heavy atom. The lowest BCUT2D eigenvalue weighted by Crippen LogP contribution is -2.46. The number of benzene rings is 1. The topological polar surface area (TPSA) is 69.6 Å². The number of β-amino-alcohol motifs (C(OH)–C–C–N with tert-alkyl or cyclic N) is 1. The Morgan fingerprint density at radius 3 is 2.33 bits per heavy atom. The van der Waals surface area contributed by atoms with Crippen molar-refractivity contribution in [1.29, 1.82) is 0 Å². The van der Waals surface area contributed by atoms with Crippen LogP contribution in [0.15, 0.2) is 30.3 Å². The van der Waals surface area contributed by atoms with Crippen molar-refractivity contribution in [3.8, 4) is 11.3 Å². The Labute approximate surface area is 172 Å². The number of hydrogen-bond acceptors (Lipinski definition) is 5. The smallest absolute Gasteiger partial charge is 0.391 e. The van der Waals surface area contributed by atoms with Gasteiger partial charge in [0.2, 0.25) is 5.95 Å². The number of likely N-dealkylation sites (tertiary alicyclic amines) is 1. The first kappa shape index (κ1) is 20.6. The zero-order chi connectivity index (χ0) is 21.6. The van der Waals surface area contributed by atoms with Crippen molar-refractivity contribution in [2.45, 2.75) is 38.6 Å². The number of carbonyl (C=O) groups excluding carboxylic acids is 1. The molecule has 0 aliphatic carbocycles. The van der Waals surface area contributed by atoms with Crippen molar-refractivity contribution >= 4 is 11.9 Å². The lowest BCUT2D eigenvalue weighted by atomic mass is 10.1. The molecule has 2 aromatic rings. The number of amides is 1. The summed E-state index contributed by atoms with van der Waals surface area (Å²) in [6, 6.07) is 7.37. The van der Waals surface area contributed by atoms with Gasteiger partial charge in [-0.3, -0.25) is 4.79 Å². The van der Waals surface area contributed by atoms with Crippen LogP contribution in [0.5, 0.6) is 0 Å². The molecule has 3 heterocycles. The molecular formula is C21H23F3N4O2. The molecule has 2 saturated heterocycles. The molecule has 4 rings (SSSR count). The van der Waals surface area contributed by atoms with Crippen LogP contribution in [0.1, 0.15) is 36.3 Å². The van der Waals surface area contributed by atoms with Crippen LogP contribution in [0.4, 0.5) is 19.1 Å². The van der Waals surface area contributed by atoms with Gasteiger partial charge in [0, 0.05) is 42.7 Å². The minimum absolute atomic E-state index is 0.0114. The van der Waals surface area contributed by atoms with E-state index in [0.29, 0.717) is 24.2 Å². The molecule has 1 aromatic heterocycles. The highest BCUT2D eigenvalue weighted by Crippen LogP contribution is 2.33. The van der Waals surface area contributed by atoms with Crippen molar-refractivity contribution in [2.24, 2.45) is 5.92 Å². The molecule has 160 valence electrons. The lowest BCUT2D eigenvalue weighted by molar-refractivity contribution is -0.141. The third kappa shape index (κ3) is 3.86. The van der Waals surface area contributed by atoms with Gasteiger partial charge < -0.3 is 14.9 Å². The number of carbonyl (C=O) groups is 1. The fourth-order valence-electron chi connectivity index (χ4n) is 3.75. The fourth-order valence-corrected chi connectivity index (χ4v) is 3.75. The molecule has 1 amide bonds. The van der Waals surface area contributed by atoms with Gasteiger partial charge in [0.15, 0.2) is 5.69 Å². The molecule has 2 aliphatic heterocycles. The average Bonchev–Trinajstić information content (AvgIpc) is 3.04. The van der Waals surface area contributed by atoms with Crippen LogP contribution in [0, 0.1) is 5.92 Å². The van der Waals surface area contributed by atoms with Gasteiger partial charge in [-0.2, -0.15) is 13.2 Å². The largest absolute Gasteiger partial charge is 0.433 e. The Balaban J connectivity index is 1.62. The predicted octanol–water partition coefficient (Wildman–Crippen LogP) is 3.21. The molecule has 1 N–H and O–H groups in total. The third-order valence-corrected chi connectivity index (χ3v) is 5.87. The van der Waals surface area contributed by atoms with Crippen LogP contribution >= 0.6 is 0 Å². The summed E-state index contributed by atoms with van der Waals surface area (Å²) in [5.74, 6) is -0.130. The van der Waals surface area contributed by atoms with Gasteiger partial charge in [-0.1, -0.05) is 19.1 Å². The monoisotopic (exact) mass is 420 g/mol. The van der Waals surface area contributed by atoms with E-state index in [0.717, 1.165) is 12.5 Å². The lowest BCUT2D eigenvalue weighted by Gasteiger charge is -2.39. The van der Waals surface area contributed by atoms with Crippen LogP contribution in [-0.2, 0) is 6.18 Å². The summed E-state index contributed by atoms with van der Waals surface area (Å²) in [5, 5.41) is 9.86. The third-order valence-electron chi connectivity index (χ3n) is 5.87. The number of nitrogens with zero attached hydrogens (tertiary/aromatic N) is 4. The summed E-state index contributed by atoms with van der Waals surface area (Å²) in [6.07, 6.45) is -4.24. The van der Waals surface area contributed by atoms with Crippen LogP contribution in [0.25, 0.3) is 11.3 Å². The molecule has 0 saturated carbocycles. The van der Waals surface area contributed by atoms with Crippen LogP contribution in [0.3, 0.4) is 0 Å². The van der Waals surface area contributed by atoms with Crippen molar-refractivity contribution in [3.05, 3.63) is 41.6 Å². The number of aromatic nitrogens is 2. The van der Waals surface area contributed by atoms with Gasteiger partial charge in [-0.15, -0.1) is 0 Å². The highest BCUT2D eigenvalue weighted by molar-refractivity contribution is 5.95. The minimum atomic E-state index is -4.58. The number of aliphatic hydroxyl groups is 1. The van der Waals surface area contributed by atoms with E-state index in [1.54, 1.807) is 34.1 Å². The normalized spacial score (nSPS) is 24.1. The van der Waals surface area contributed by atoms with Gasteiger partial charge in [-0.25, -0.2) is 9.97 Å². The molecule has 2 fully saturated rings. The Bertz CT molecular complexity index is 938. The fraction of sp³-hybridized carbons (Fsp3) is 0.476. The van der Waals surface area contributed by atoms with E-state index < -0.39 is 18.0 Å². The quantitative estimate of drug-likeness (QED) is 0.826. The molecule has 2 aliphatic rings. The summed E-state index contributed by atoms with van der Waals surface area (Å²) in [5.41, 5.74) is 0.0721. The maximum Gasteiger partial charge on any atom is 0.433 e. The number of halogens is 3. The highest BCUT2D eigenvalue weighted by Gasteiger charge is 2.36. The summed E-state index contributed by atoms with van der Waals surface area (Å²) in [4.78, 5) is 24.0. The molecular weight excluding hydrogens is 397 g/mol. The number of aliphatic hydroxyl groups excluding tert-OH is 1. The second kappa shape index (κ2) is 7.54. The van der Waals surface area contributed by atoms with Gasteiger partial charge >= 0.3 is 6.18 Å². The van der Waals surface area contributed by atoms with Crippen molar-refractivity contribution in [3.63, 3.8) is 0 Å². The van der Waals surface area contributed by atoms with Crippen LogP contribution < -0.4 is 4.90 Å². The summed E-state index contributed by atoms with van der Waals surface area (Å²) in [7, 11) is 0. The van der Waals surface area contributed by atoms with E-state index in [1.807, 2.05) is 13.8 Å². The maximum absolute atomic E-state index is 13.4. The second-order valence-corrected chi connectivity index (χ2v) is 8.10. The zero-order valence-corrected chi connectivity index (χ0v) is 16.7. The highest BCUT2D eigenvalue weighted by atomic mass is 19.4. The molecule has 9 heteroatoms. The van der Waals surface area contributed by atoms with Crippen LogP contribution in [0.2, 0.25) is 0 Å². The Hall–Kier alpha value is -2.68. The first-order chi connectivity index (χ1) is 14.1. The molecule has 1 aromatic carbocycles. The maximum atomic E-state index is 13.4. The summed E-state index contributed by atoms with van der Waals surface area (Å²) >= 11 is 0. The van der Waals surface area contributed by atoms with Crippen molar-refractivity contribution in [1.82, 2.24) is 14.9 Å². The summed E-state index contributed by atoms with van der Waals surface area (Å²) < 4.78 is 40.1. The molecule has 0 unspecified atom stereocenters. The first-order valence-electron chi connectivity index (χ1n) is 9.94. The Morgan fingerprint density at radius 1 is 1.13 bits per heavy atom. The van der Waals surface area contributed by atoms with E-state index in [4.69, 9.17) is 0 Å². The molecule has 30 heavy (non-hydrogen) atoms. The zero-order valence-electron chi connectivity index (χ0n) is 16.7. The van der Waals surface area contributed by atoms with E-state index in [2.05, 4.69) is 9.97 Å². The van der Waals surface area contributed by atoms with Crippen molar-refractivity contribution < 1.29 is 23.1 Å². The number of rotatable bonds is 3. The van der Waals surface area contributed by atoms with E-state index >= 15 is 0 Å². The molecule has 0 bridgehead atoms. The standard InChI is InChI=1S/C21H23F3N4O2/c1-12-10-27(11-17(12)29)19(30)15-5-3-14(4-6-15)16-9-18(21(22,23)24)26-20(25-16)28-8-7-13(28)2/h3-6,9,12-13,17,29H,7-8,10-11H2,1-2H3/t12-,13+,17+/m1/s1. The average molecular weight is 420 g/mol. The SMILES string of the molecule is C[C@@H]1CN(C(=O)c2ccc(-c3cc(C(F)(F)F)nc(N4CC[C@@H]4C)n3)cc2)C[C@@H]1O. The predicted molar refractivity (Wildman–Crippen MR) is 105 cm³/mol. The minimum Gasteiger partial charge on any atom is -0.391 e. The van der Waals surface area contributed by atoms with Gasteiger partial charge in [0.1, 0.15) is 0 Å². The van der Waals surface area contributed by atoms with Gasteiger partial charge in [0.25, 0.3) is 5.91 Å². The van der Waals surface area contributed by atoms with Gasteiger partial charge in [-0.05, 0) is 31.5 Å². The number of alkyl halides is 3. The summed E-state index contributed by atoms with van der Waals surface area (Å²) in [6.45, 7) is 5.17. The van der Waals surface area contributed by atoms with Crippen molar-refractivity contribution in [2.75, 3.05) is 24.5 Å². The van der Waals surface area contributed by atoms with E-state index in [1.165, 1.54) is 0 Å². The number of hydrogen-bond donors (Lipinski definition) is 1. The number of anilines is 1. The molecule has 0 spiro atoms.